The summed E-state index contributed by atoms with van der Waals surface area (Å²) in [5.41, 5.74) is 2.32. The highest BCUT2D eigenvalue weighted by molar-refractivity contribution is 5.94. The molecule has 0 bridgehead atoms. The van der Waals surface area contributed by atoms with Gasteiger partial charge in [-0.1, -0.05) is 60.7 Å². The second kappa shape index (κ2) is 9.09. The number of rotatable bonds is 5. The van der Waals surface area contributed by atoms with Crippen molar-refractivity contribution in [2.24, 2.45) is 0 Å². The minimum Gasteiger partial charge on any atom is -0.333 e. The molecule has 0 unspecified atom stereocenters. The van der Waals surface area contributed by atoms with Gasteiger partial charge in [-0.3, -0.25) is 14.5 Å². The summed E-state index contributed by atoms with van der Waals surface area (Å²) in [6.45, 7) is 5.62. The number of aromatic nitrogens is 1. The van der Waals surface area contributed by atoms with Gasteiger partial charge in [0.25, 0.3) is 11.5 Å². The molecule has 2 aromatic carbocycles. The topological polar surface area (TPSA) is 45.5 Å². The second-order valence-electron chi connectivity index (χ2n) is 7.91. The zero-order chi connectivity index (χ0) is 20.9. The van der Waals surface area contributed by atoms with E-state index in [1.54, 1.807) is 22.9 Å². The summed E-state index contributed by atoms with van der Waals surface area (Å²) in [6.07, 6.45) is 1.74. The van der Waals surface area contributed by atoms with E-state index in [0.29, 0.717) is 13.1 Å². The van der Waals surface area contributed by atoms with Crippen molar-refractivity contribution in [3.8, 4) is 0 Å². The first-order chi connectivity index (χ1) is 14.6. The molecule has 1 aliphatic rings. The van der Waals surface area contributed by atoms with E-state index in [1.807, 2.05) is 41.3 Å². The fraction of sp³-hybridized carbons (Fsp3) is 0.280. The summed E-state index contributed by atoms with van der Waals surface area (Å²) in [5.74, 6) is -0.172. The van der Waals surface area contributed by atoms with Crippen molar-refractivity contribution in [2.45, 2.75) is 26.1 Å². The molecule has 5 nitrogen and oxygen atoms in total. The third kappa shape index (κ3) is 4.52. The molecular weight excluding hydrogens is 374 g/mol. The third-order valence-electron chi connectivity index (χ3n) is 5.67. The van der Waals surface area contributed by atoms with Crippen LogP contribution in [-0.4, -0.2) is 46.0 Å². The molecule has 1 aliphatic heterocycles. The summed E-state index contributed by atoms with van der Waals surface area (Å²) in [6, 6.07) is 23.7. The summed E-state index contributed by atoms with van der Waals surface area (Å²) in [5, 5.41) is 0. The first-order valence-electron chi connectivity index (χ1n) is 10.4. The number of carbonyl (C=O) groups excluding carboxylic acids is 1. The SMILES string of the molecule is C[C@@H]1CN(Cc2ccccc2)CCN1C(=O)c1cccn(Cc2ccccc2)c1=O. The average molecular weight is 402 g/mol. The van der Waals surface area contributed by atoms with E-state index in [2.05, 4.69) is 36.1 Å². The summed E-state index contributed by atoms with van der Waals surface area (Å²) < 4.78 is 1.61. The van der Waals surface area contributed by atoms with E-state index < -0.39 is 0 Å². The zero-order valence-corrected chi connectivity index (χ0v) is 17.3. The van der Waals surface area contributed by atoms with Crippen molar-refractivity contribution >= 4 is 5.91 Å². The van der Waals surface area contributed by atoms with Gasteiger partial charge in [-0.05, 0) is 30.2 Å². The van der Waals surface area contributed by atoms with E-state index >= 15 is 0 Å². The monoisotopic (exact) mass is 401 g/mol. The van der Waals surface area contributed by atoms with Gasteiger partial charge in [-0.2, -0.15) is 0 Å². The van der Waals surface area contributed by atoms with Gasteiger partial charge >= 0.3 is 0 Å². The molecule has 0 spiro atoms. The van der Waals surface area contributed by atoms with Gasteiger partial charge in [0.05, 0.1) is 6.54 Å². The van der Waals surface area contributed by atoms with Crippen molar-refractivity contribution in [1.29, 1.82) is 0 Å². The predicted octanol–water partition coefficient (Wildman–Crippen LogP) is 3.24. The summed E-state index contributed by atoms with van der Waals surface area (Å²) >= 11 is 0. The van der Waals surface area contributed by atoms with Gasteiger partial charge < -0.3 is 9.47 Å². The maximum Gasteiger partial charge on any atom is 0.263 e. The smallest absolute Gasteiger partial charge is 0.263 e. The lowest BCUT2D eigenvalue weighted by molar-refractivity contribution is 0.0473. The molecule has 0 saturated carbocycles. The minimum atomic E-state index is -0.231. The second-order valence-corrected chi connectivity index (χ2v) is 7.91. The van der Waals surface area contributed by atoms with Crippen LogP contribution in [-0.2, 0) is 13.1 Å². The number of amides is 1. The fourth-order valence-corrected chi connectivity index (χ4v) is 4.08. The van der Waals surface area contributed by atoms with Crippen LogP contribution in [0.25, 0.3) is 0 Å². The van der Waals surface area contributed by atoms with Gasteiger partial charge in [-0.25, -0.2) is 0 Å². The number of pyridine rings is 1. The lowest BCUT2D eigenvalue weighted by Crippen LogP contribution is -2.54. The molecule has 5 heteroatoms. The molecule has 3 aromatic rings. The molecule has 154 valence electrons. The molecule has 1 amide bonds. The molecule has 2 heterocycles. The van der Waals surface area contributed by atoms with Crippen LogP contribution in [0.3, 0.4) is 0 Å². The van der Waals surface area contributed by atoms with Crippen LogP contribution in [0.2, 0.25) is 0 Å². The van der Waals surface area contributed by atoms with Gasteiger partial charge in [-0.15, -0.1) is 0 Å². The normalized spacial score (nSPS) is 17.1. The Hall–Kier alpha value is -3.18. The van der Waals surface area contributed by atoms with Crippen LogP contribution in [0.15, 0.2) is 83.8 Å². The molecule has 1 aromatic heterocycles. The largest absolute Gasteiger partial charge is 0.333 e. The van der Waals surface area contributed by atoms with E-state index in [0.717, 1.165) is 25.2 Å². The van der Waals surface area contributed by atoms with Crippen LogP contribution in [0, 0.1) is 0 Å². The summed E-state index contributed by atoms with van der Waals surface area (Å²) in [4.78, 5) is 30.4. The van der Waals surface area contributed by atoms with Crippen LogP contribution in [0.4, 0.5) is 0 Å². The van der Waals surface area contributed by atoms with Gasteiger partial charge in [0.15, 0.2) is 0 Å². The van der Waals surface area contributed by atoms with Crippen molar-refractivity contribution in [3.05, 3.63) is 106 Å². The Balaban J connectivity index is 1.46. The average Bonchev–Trinajstić information content (AvgIpc) is 2.76. The first-order valence-corrected chi connectivity index (χ1v) is 10.4. The number of benzene rings is 2. The van der Waals surface area contributed by atoms with Crippen LogP contribution in [0.5, 0.6) is 0 Å². The lowest BCUT2D eigenvalue weighted by Gasteiger charge is -2.40. The van der Waals surface area contributed by atoms with E-state index in [9.17, 15) is 9.59 Å². The zero-order valence-electron chi connectivity index (χ0n) is 17.3. The standard InChI is InChI=1S/C25H27N3O2/c1-20-17-26(18-21-9-4-2-5-10-21)15-16-28(20)25(30)23-13-8-14-27(24(23)29)19-22-11-6-3-7-12-22/h2-14,20H,15-19H2,1H3/t20-/m1/s1. The quantitative estimate of drug-likeness (QED) is 0.659. The fourth-order valence-electron chi connectivity index (χ4n) is 4.08. The highest BCUT2D eigenvalue weighted by atomic mass is 16.2. The molecule has 0 radical (unpaired) electrons. The Kier molecular flexibility index (Phi) is 6.10. The van der Waals surface area contributed by atoms with Gasteiger partial charge in [0.1, 0.15) is 5.56 Å². The number of carbonyl (C=O) groups is 1. The number of hydrogen-bond acceptors (Lipinski definition) is 3. The third-order valence-corrected chi connectivity index (χ3v) is 5.67. The van der Waals surface area contributed by atoms with Crippen molar-refractivity contribution in [2.75, 3.05) is 19.6 Å². The van der Waals surface area contributed by atoms with Crippen LogP contribution in [0.1, 0.15) is 28.4 Å². The number of nitrogens with zero attached hydrogens (tertiary/aromatic N) is 3. The molecule has 0 aliphatic carbocycles. The maximum absolute atomic E-state index is 13.2. The maximum atomic E-state index is 13.2. The van der Waals surface area contributed by atoms with Crippen molar-refractivity contribution < 1.29 is 4.79 Å². The van der Waals surface area contributed by atoms with Crippen molar-refractivity contribution in [3.63, 3.8) is 0 Å². The molecular formula is C25H27N3O2. The van der Waals surface area contributed by atoms with E-state index in [1.165, 1.54) is 5.56 Å². The highest BCUT2D eigenvalue weighted by Crippen LogP contribution is 2.15. The highest BCUT2D eigenvalue weighted by Gasteiger charge is 2.29. The Morgan fingerprint density at radius 3 is 2.13 bits per heavy atom. The molecule has 0 N–H and O–H groups in total. The number of piperazine rings is 1. The lowest BCUT2D eigenvalue weighted by atomic mass is 10.1. The molecule has 1 fully saturated rings. The van der Waals surface area contributed by atoms with Crippen LogP contribution >= 0.6 is 0 Å². The Morgan fingerprint density at radius 1 is 0.867 bits per heavy atom. The van der Waals surface area contributed by atoms with E-state index in [4.69, 9.17) is 0 Å². The molecule has 1 saturated heterocycles. The molecule has 4 rings (SSSR count). The Labute approximate surface area is 177 Å². The first kappa shape index (κ1) is 20.1. The Bertz CT molecular complexity index is 1050. The van der Waals surface area contributed by atoms with Crippen molar-refractivity contribution in [1.82, 2.24) is 14.4 Å². The van der Waals surface area contributed by atoms with E-state index in [-0.39, 0.29) is 23.1 Å². The number of hydrogen-bond donors (Lipinski definition) is 0. The van der Waals surface area contributed by atoms with Crippen LogP contribution < -0.4 is 5.56 Å². The molecule has 1 atom stereocenters. The van der Waals surface area contributed by atoms with Gasteiger partial charge in [0, 0.05) is 38.4 Å². The Morgan fingerprint density at radius 2 is 1.50 bits per heavy atom. The predicted molar refractivity (Wildman–Crippen MR) is 118 cm³/mol. The minimum absolute atomic E-state index is 0.0529. The van der Waals surface area contributed by atoms with Gasteiger partial charge in [0.2, 0.25) is 0 Å². The molecule has 30 heavy (non-hydrogen) atoms. The summed E-state index contributed by atoms with van der Waals surface area (Å²) in [7, 11) is 0.